The molecule has 0 radical (unpaired) electrons. The molecule has 0 atom stereocenters. The number of fused-ring (bicyclic) bond motifs is 2. The van der Waals surface area contributed by atoms with Crippen LogP contribution in [-0.2, 0) is 19.5 Å². The van der Waals surface area contributed by atoms with Gasteiger partial charge in [-0.2, -0.15) is 0 Å². The smallest absolute Gasteiger partial charge is 0.125 e. The van der Waals surface area contributed by atoms with Crippen molar-refractivity contribution in [2.24, 2.45) is 0 Å². The van der Waals surface area contributed by atoms with Gasteiger partial charge in [0, 0.05) is 31.1 Å². The van der Waals surface area contributed by atoms with Crippen LogP contribution in [0.4, 0.5) is 0 Å². The van der Waals surface area contributed by atoms with Gasteiger partial charge < -0.3 is 14.6 Å². The van der Waals surface area contributed by atoms with Crippen molar-refractivity contribution in [3.05, 3.63) is 58.9 Å². The van der Waals surface area contributed by atoms with Gasteiger partial charge in [-0.15, -0.1) is 0 Å². The van der Waals surface area contributed by atoms with Crippen LogP contribution in [0.3, 0.4) is 0 Å². The average Bonchev–Trinajstić information content (AvgIpc) is 3.06. The van der Waals surface area contributed by atoms with Gasteiger partial charge >= 0.3 is 0 Å². The number of ether oxygens (including phenoxy) is 1. The first kappa shape index (κ1) is 16.2. The largest absolute Gasteiger partial charge is 0.487 e. The molecule has 0 saturated carbocycles. The van der Waals surface area contributed by atoms with Crippen molar-refractivity contribution in [3.63, 3.8) is 0 Å². The van der Waals surface area contributed by atoms with E-state index in [9.17, 15) is 0 Å². The molecule has 4 rings (SSSR count). The number of aromatic nitrogens is 2. The lowest BCUT2D eigenvalue weighted by atomic mass is 10.0. The van der Waals surface area contributed by atoms with Gasteiger partial charge in [0.05, 0.1) is 17.4 Å². The molecule has 0 unspecified atom stereocenters. The highest BCUT2D eigenvalue weighted by atomic mass is 16.5. The molecule has 25 heavy (non-hydrogen) atoms. The molecule has 0 amide bonds. The average molecular weight is 335 g/mol. The van der Waals surface area contributed by atoms with E-state index < -0.39 is 0 Å². The minimum atomic E-state index is -0.119. The van der Waals surface area contributed by atoms with E-state index in [2.05, 4.69) is 66.0 Å². The fraction of sp³-hybridized carbons (Fsp3) is 0.381. The molecule has 1 aromatic heterocycles. The summed E-state index contributed by atoms with van der Waals surface area (Å²) in [6.45, 7) is 8.16. The Balaban J connectivity index is 1.66. The maximum atomic E-state index is 6.09. The molecule has 1 aliphatic heterocycles. The Morgan fingerprint density at radius 3 is 2.84 bits per heavy atom. The Kier molecular flexibility index (Phi) is 3.80. The summed E-state index contributed by atoms with van der Waals surface area (Å²) in [7, 11) is 1.98. The minimum absolute atomic E-state index is 0.119. The second kappa shape index (κ2) is 5.88. The van der Waals surface area contributed by atoms with E-state index in [0.717, 1.165) is 36.3 Å². The molecular formula is C21H25N3O. The zero-order valence-corrected chi connectivity index (χ0v) is 15.4. The molecule has 130 valence electrons. The molecular weight excluding hydrogens is 310 g/mol. The first-order chi connectivity index (χ1) is 11.9. The van der Waals surface area contributed by atoms with Gasteiger partial charge in [-0.3, -0.25) is 0 Å². The van der Waals surface area contributed by atoms with Crippen molar-refractivity contribution in [1.29, 1.82) is 0 Å². The normalized spacial score (nSPS) is 15.4. The van der Waals surface area contributed by atoms with Crippen LogP contribution in [0.2, 0.25) is 0 Å². The molecule has 2 aromatic carbocycles. The topological polar surface area (TPSA) is 39.1 Å². The zero-order chi connectivity index (χ0) is 17.6. The predicted octanol–water partition coefficient (Wildman–Crippen LogP) is 3.83. The van der Waals surface area contributed by atoms with Gasteiger partial charge in [-0.25, -0.2) is 4.98 Å². The van der Waals surface area contributed by atoms with E-state index in [-0.39, 0.29) is 5.60 Å². The first-order valence-electron chi connectivity index (χ1n) is 8.85. The lowest BCUT2D eigenvalue weighted by Gasteiger charge is -2.16. The van der Waals surface area contributed by atoms with Gasteiger partial charge in [0.15, 0.2) is 0 Å². The van der Waals surface area contributed by atoms with Gasteiger partial charge in [0.25, 0.3) is 0 Å². The highest BCUT2D eigenvalue weighted by molar-refractivity contribution is 5.79. The van der Waals surface area contributed by atoms with Gasteiger partial charge in [-0.05, 0) is 50.6 Å². The first-order valence-corrected chi connectivity index (χ1v) is 8.85. The second-order valence-corrected chi connectivity index (χ2v) is 7.65. The van der Waals surface area contributed by atoms with Crippen molar-refractivity contribution in [1.82, 2.24) is 14.9 Å². The minimum Gasteiger partial charge on any atom is -0.487 e. The van der Waals surface area contributed by atoms with Crippen LogP contribution in [0.1, 0.15) is 36.1 Å². The quantitative estimate of drug-likeness (QED) is 0.788. The summed E-state index contributed by atoms with van der Waals surface area (Å²) >= 11 is 0. The van der Waals surface area contributed by atoms with Crippen LogP contribution in [0.25, 0.3) is 11.0 Å². The van der Waals surface area contributed by atoms with Crippen molar-refractivity contribution < 1.29 is 4.74 Å². The maximum Gasteiger partial charge on any atom is 0.125 e. The fourth-order valence-corrected chi connectivity index (χ4v) is 3.72. The summed E-state index contributed by atoms with van der Waals surface area (Å²) in [6.07, 6.45) is 2.87. The van der Waals surface area contributed by atoms with E-state index in [0.29, 0.717) is 0 Å². The van der Waals surface area contributed by atoms with E-state index in [1.54, 1.807) is 0 Å². The number of hydrogen-bond acceptors (Lipinski definition) is 3. The van der Waals surface area contributed by atoms with Crippen molar-refractivity contribution >= 4 is 11.0 Å². The molecule has 3 aromatic rings. The van der Waals surface area contributed by atoms with Gasteiger partial charge in [0.2, 0.25) is 0 Å². The fourth-order valence-electron chi connectivity index (χ4n) is 3.72. The Morgan fingerprint density at radius 2 is 2.08 bits per heavy atom. The lowest BCUT2D eigenvalue weighted by Crippen LogP contribution is -2.24. The zero-order valence-electron chi connectivity index (χ0n) is 15.4. The Morgan fingerprint density at radius 1 is 1.24 bits per heavy atom. The Labute approximate surface area is 148 Å². The van der Waals surface area contributed by atoms with Crippen molar-refractivity contribution in [3.8, 4) is 5.75 Å². The predicted molar refractivity (Wildman–Crippen MR) is 101 cm³/mol. The number of benzene rings is 2. The van der Waals surface area contributed by atoms with Crippen molar-refractivity contribution in [2.75, 3.05) is 7.05 Å². The molecule has 1 aliphatic rings. The number of rotatable bonds is 4. The van der Waals surface area contributed by atoms with Gasteiger partial charge in [0.1, 0.15) is 11.4 Å². The van der Waals surface area contributed by atoms with Gasteiger partial charge in [-0.1, -0.05) is 18.2 Å². The Bertz CT molecular complexity index is 940. The molecule has 2 heterocycles. The summed E-state index contributed by atoms with van der Waals surface area (Å²) in [5, 5.41) is 3.22. The second-order valence-electron chi connectivity index (χ2n) is 7.65. The highest BCUT2D eigenvalue weighted by Crippen LogP contribution is 2.37. The summed E-state index contributed by atoms with van der Waals surface area (Å²) < 4.78 is 8.30. The number of imidazole rings is 1. The van der Waals surface area contributed by atoms with Crippen LogP contribution in [0.15, 0.2) is 36.7 Å². The standard InChI is InChI=1S/C21H25N3O/c1-14-7-15(5-6-16(14)11-22-4)12-24-13-23-18-8-17-10-21(2,3)25-20(17)9-19(18)24/h5-9,13,22H,10-12H2,1-4H3. The molecule has 4 heteroatoms. The summed E-state index contributed by atoms with van der Waals surface area (Å²) in [6, 6.07) is 11.0. The number of nitrogens with zero attached hydrogens (tertiary/aromatic N) is 2. The summed E-state index contributed by atoms with van der Waals surface area (Å²) in [5.41, 5.74) is 7.27. The molecule has 0 spiro atoms. The molecule has 0 saturated heterocycles. The lowest BCUT2D eigenvalue weighted by molar-refractivity contribution is 0.138. The molecule has 0 fully saturated rings. The van der Waals surface area contributed by atoms with E-state index in [4.69, 9.17) is 4.74 Å². The van der Waals surface area contributed by atoms with E-state index >= 15 is 0 Å². The van der Waals surface area contributed by atoms with Crippen LogP contribution < -0.4 is 10.1 Å². The van der Waals surface area contributed by atoms with Crippen LogP contribution in [0.5, 0.6) is 5.75 Å². The summed E-state index contributed by atoms with van der Waals surface area (Å²) in [4.78, 5) is 4.61. The molecule has 0 bridgehead atoms. The summed E-state index contributed by atoms with van der Waals surface area (Å²) in [5.74, 6) is 1.000. The number of nitrogens with one attached hydrogen (secondary N) is 1. The maximum absolute atomic E-state index is 6.09. The van der Waals surface area contributed by atoms with E-state index in [1.807, 2.05) is 13.4 Å². The number of hydrogen-bond donors (Lipinski definition) is 1. The SMILES string of the molecule is CNCc1ccc(Cn2cnc3cc4c(cc32)OC(C)(C)C4)cc1C. The number of aryl methyl sites for hydroxylation is 1. The van der Waals surface area contributed by atoms with E-state index in [1.165, 1.54) is 22.3 Å². The highest BCUT2D eigenvalue weighted by Gasteiger charge is 2.30. The third-order valence-corrected chi connectivity index (χ3v) is 4.93. The molecule has 1 N–H and O–H groups in total. The van der Waals surface area contributed by atoms with Crippen LogP contribution in [0, 0.1) is 6.92 Å². The monoisotopic (exact) mass is 335 g/mol. The molecule has 4 nitrogen and oxygen atoms in total. The third-order valence-electron chi connectivity index (χ3n) is 4.93. The molecule has 0 aliphatic carbocycles. The van der Waals surface area contributed by atoms with Crippen LogP contribution in [-0.4, -0.2) is 22.2 Å². The van der Waals surface area contributed by atoms with Crippen molar-refractivity contribution in [2.45, 2.75) is 45.9 Å². The van der Waals surface area contributed by atoms with Crippen LogP contribution >= 0.6 is 0 Å². The third kappa shape index (κ3) is 3.02. The Hall–Kier alpha value is -2.33.